The molecule has 0 saturated carbocycles. The second kappa shape index (κ2) is 61.6. The van der Waals surface area contributed by atoms with E-state index in [0.717, 1.165) is 102 Å². The van der Waals surface area contributed by atoms with Crippen molar-refractivity contribution in [2.24, 2.45) is 5.92 Å². The van der Waals surface area contributed by atoms with Gasteiger partial charge < -0.3 is 33.8 Å². The van der Waals surface area contributed by atoms with Gasteiger partial charge in [-0.25, -0.2) is 9.13 Å². The van der Waals surface area contributed by atoms with E-state index in [4.69, 9.17) is 37.0 Å². The maximum absolute atomic E-state index is 13.0. The minimum Gasteiger partial charge on any atom is -0.462 e. The number of phosphoric ester groups is 2. The Labute approximate surface area is 530 Å². The number of carbonyl (C=O) groups excluding carboxylic acids is 4. The van der Waals surface area contributed by atoms with Crippen LogP contribution in [-0.4, -0.2) is 96.7 Å². The second-order valence-electron chi connectivity index (χ2n) is 24.8. The van der Waals surface area contributed by atoms with E-state index in [-0.39, 0.29) is 25.7 Å². The van der Waals surface area contributed by atoms with Crippen molar-refractivity contribution in [3.8, 4) is 0 Å². The Morgan fingerprint density at radius 3 is 0.816 bits per heavy atom. The molecule has 17 nitrogen and oxygen atoms in total. The second-order valence-corrected chi connectivity index (χ2v) is 27.7. The van der Waals surface area contributed by atoms with Gasteiger partial charge >= 0.3 is 39.5 Å². The highest BCUT2D eigenvalue weighted by molar-refractivity contribution is 7.47. The van der Waals surface area contributed by atoms with E-state index < -0.39 is 97.5 Å². The van der Waals surface area contributed by atoms with Gasteiger partial charge in [-0.2, -0.15) is 0 Å². The molecule has 0 aromatic rings. The van der Waals surface area contributed by atoms with Crippen molar-refractivity contribution in [1.82, 2.24) is 0 Å². The summed E-state index contributed by atoms with van der Waals surface area (Å²) in [5.41, 5.74) is 0. The minimum atomic E-state index is -4.95. The molecular formula is C68H132O17P2. The van der Waals surface area contributed by atoms with Crippen molar-refractivity contribution in [3.05, 3.63) is 0 Å². The summed E-state index contributed by atoms with van der Waals surface area (Å²) in [5, 5.41) is 10.5. The highest BCUT2D eigenvalue weighted by Crippen LogP contribution is 2.45. The summed E-state index contributed by atoms with van der Waals surface area (Å²) in [7, 11) is -9.89. The topological polar surface area (TPSA) is 237 Å². The van der Waals surface area contributed by atoms with Crippen molar-refractivity contribution >= 4 is 39.5 Å². The van der Waals surface area contributed by atoms with Gasteiger partial charge in [-0.1, -0.05) is 298 Å². The molecular weight excluding hydrogens is 1150 g/mol. The Balaban J connectivity index is 5.17. The van der Waals surface area contributed by atoms with Crippen LogP contribution in [0.2, 0.25) is 0 Å². The number of hydrogen-bond acceptors (Lipinski definition) is 15. The maximum Gasteiger partial charge on any atom is 0.472 e. The summed E-state index contributed by atoms with van der Waals surface area (Å²) in [5.74, 6) is -1.37. The molecule has 0 aromatic carbocycles. The number of ether oxygens (including phenoxy) is 4. The van der Waals surface area contributed by atoms with Gasteiger partial charge in [0.1, 0.15) is 19.3 Å². The van der Waals surface area contributed by atoms with E-state index >= 15 is 0 Å². The third kappa shape index (κ3) is 61.3. The summed E-state index contributed by atoms with van der Waals surface area (Å²) >= 11 is 0. The lowest BCUT2D eigenvalue weighted by molar-refractivity contribution is -0.161. The van der Waals surface area contributed by atoms with Crippen LogP contribution in [0.3, 0.4) is 0 Å². The van der Waals surface area contributed by atoms with E-state index in [0.29, 0.717) is 25.7 Å². The average molecular weight is 1280 g/mol. The molecule has 0 aliphatic heterocycles. The monoisotopic (exact) mass is 1280 g/mol. The smallest absolute Gasteiger partial charge is 0.462 e. The first-order valence-electron chi connectivity index (χ1n) is 35.7. The van der Waals surface area contributed by atoms with Gasteiger partial charge in [-0.05, 0) is 31.6 Å². The Morgan fingerprint density at radius 2 is 0.552 bits per heavy atom. The number of esters is 4. The van der Waals surface area contributed by atoms with Crippen LogP contribution in [-0.2, 0) is 65.4 Å². The molecule has 0 saturated heterocycles. The summed E-state index contributed by atoms with van der Waals surface area (Å²) in [6.45, 7) is 7.15. The van der Waals surface area contributed by atoms with Crippen LogP contribution in [0.25, 0.3) is 0 Å². The number of aliphatic hydroxyl groups excluding tert-OH is 1. The van der Waals surface area contributed by atoms with Gasteiger partial charge in [0.25, 0.3) is 0 Å². The number of aliphatic hydroxyl groups is 1. The van der Waals surface area contributed by atoms with E-state index in [9.17, 15) is 43.2 Å². The van der Waals surface area contributed by atoms with Gasteiger partial charge in [0.15, 0.2) is 12.2 Å². The predicted molar refractivity (Wildman–Crippen MR) is 349 cm³/mol. The van der Waals surface area contributed by atoms with Crippen LogP contribution in [0.5, 0.6) is 0 Å². The lowest BCUT2D eigenvalue weighted by Crippen LogP contribution is -2.30. The van der Waals surface area contributed by atoms with Crippen LogP contribution in [0.15, 0.2) is 0 Å². The summed E-state index contributed by atoms with van der Waals surface area (Å²) in [6.07, 6.45) is 47.5. The SMILES string of the molecule is CCCCCCCCCCCCCCCCCCC(=O)O[C@H](COC(=O)CCCCCCCCCCCCCCCC)COP(=O)(O)OC[C@@H](O)COP(=O)(O)OC[C@@H](COC(=O)CCCCCCC)OC(=O)CCCCCCCCCCC(C)CC. The molecule has 0 radical (unpaired) electrons. The first-order valence-corrected chi connectivity index (χ1v) is 38.7. The number of carbonyl (C=O) groups is 4. The molecule has 87 heavy (non-hydrogen) atoms. The summed E-state index contributed by atoms with van der Waals surface area (Å²) in [4.78, 5) is 72.2. The van der Waals surface area contributed by atoms with Crippen molar-refractivity contribution in [3.63, 3.8) is 0 Å². The predicted octanol–water partition coefficient (Wildman–Crippen LogP) is 19.4. The molecule has 0 fully saturated rings. The van der Waals surface area contributed by atoms with Crippen molar-refractivity contribution < 1.29 is 80.2 Å². The molecule has 3 N–H and O–H groups in total. The number of rotatable bonds is 68. The first-order chi connectivity index (χ1) is 42.1. The Kier molecular flexibility index (Phi) is 60.2. The quantitative estimate of drug-likeness (QED) is 0.0222. The third-order valence-corrected chi connectivity index (χ3v) is 18.0. The number of hydrogen-bond donors (Lipinski definition) is 3. The highest BCUT2D eigenvalue weighted by atomic mass is 31.2. The van der Waals surface area contributed by atoms with E-state index in [2.05, 4.69) is 34.6 Å². The van der Waals surface area contributed by atoms with Crippen molar-refractivity contribution in [2.75, 3.05) is 39.6 Å². The Bertz CT molecular complexity index is 1690. The molecule has 3 unspecified atom stereocenters. The lowest BCUT2D eigenvalue weighted by atomic mass is 9.99. The standard InChI is InChI=1S/C68H132O17P2/c1-6-10-13-16-18-20-22-24-26-27-29-31-33-38-43-48-53-67(72)85-64(58-79-66(71)52-47-42-37-32-30-28-25-23-21-19-17-14-11-7-2)60-83-87(76,77)81-56-62(69)55-80-86(74,75)82-59-63(57-78-65(70)51-46-40-15-12-8-3)84-68(73)54-49-44-39-35-34-36-41-45-50-61(5)9-4/h61-64,69H,6-60H2,1-5H3,(H,74,75)(H,76,77)/t61?,62-,63+,64+/m0/s1. The van der Waals surface area contributed by atoms with Crippen LogP contribution < -0.4 is 0 Å². The first kappa shape index (κ1) is 85.1. The molecule has 0 aromatic heterocycles. The summed E-state index contributed by atoms with van der Waals surface area (Å²) in [6, 6.07) is 0. The van der Waals surface area contributed by atoms with Gasteiger partial charge in [-0.3, -0.25) is 37.3 Å². The fourth-order valence-corrected chi connectivity index (χ4v) is 11.8. The zero-order valence-electron chi connectivity index (χ0n) is 56.2. The molecule has 0 aliphatic rings. The molecule has 0 heterocycles. The normalized spacial score (nSPS) is 14.4. The highest BCUT2D eigenvalue weighted by Gasteiger charge is 2.30. The molecule has 516 valence electrons. The molecule has 0 amide bonds. The molecule has 6 atom stereocenters. The third-order valence-electron chi connectivity index (χ3n) is 16.1. The Morgan fingerprint density at radius 1 is 0.322 bits per heavy atom. The van der Waals surface area contributed by atoms with Crippen LogP contribution >= 0.6 is 15.6 Å². The fraction of sp³-hybridized carbons (Fsp3) is 0.941. The van der Waals surface area contributed by atoms with Crippen LogP contribution in [0.1, 0.15) is 349 Å². The minimum absolute atomic E-state index is 0.104. The van der Waals surface area contributed by atoms with Crippen molar-refractivity contribution in [1.29, 1.82) is 0 Å². The van der Waals surface area contributed by atoms with Gasteiger partial charge in [0.2, 0.25) is 0 Å². The molecule has 0 bridgehead atoms. The molecule has 19 heteroatoms. The van der Waals surface area contributed by atoms with E-state index in [1.807, 2.05) is 0 Å². The molecule has 0 rings (SSSR count). The van der Waals surface area contributed by atoms with Crippen molar-refractivity contribution in [2.45, 2.75) is 368 Å². The van der Waals surface area contributed by atoms with Crippen LogP contribution in [0.4, 0.5) is 0 Å². The van der Waals surface area contributed by atoms with Crippen LogP contribution in [0, 0.1) is 5.92 Å². The zero-order chi connectivity index (χ0) is 64.2. The average Bonchev–Trinajstić information content (AvgIpc) is 3.62. The number of phosphoric acid groups is 2. The zero-order valence-corrected chi connectivity index (χ0v) is 57.9. The van der Waals surface area contributed by atoms with Gasteiger partial charge in [-0.15, -0.1) is 0 Å². The summed E-state index contributed by atoms with van der Waals surface area (Å²) < 4.78 is 68.0. The van der Waals surface area contributed by atoms with E-state index in [1.165, 1.54) is 167 Å². The maximum atomic E-state index is 13.0. The van der Waals surface area contributed by atoms with Gasteiger partial charge in [0, 0.05) is 25.7 Å². The number of unbranched alkanes of at least 4 members (excludes halogenated alkanes) is 39. The lowest BCUT2D eigenvalue weighted by Gasteiger charge is -2.21. The fourth-order valence-electron chi connectivity index (χ4n) is 10.3. The van der Waals surface area contributed by atoms with Gasteiger partial charge in [0.05, 0.1) is 26.4 Å². The molecule has 0 spiro atoms. The Hall–Kier alpha value is -1.94. The van der Waals surface area contributed by atoms with E-state index in [1.54, 1.807) is 0 Å². The largest absolute Gasteiger partial charge is 0.472 e. The molecule has 0 aliphatic carbocycles.